The number of likely N-dealkylation sites (tertiary alicyclic amines) is 1. The molecule has 0 radical (unpaired) electrons. The van der Waals surface area contributed by atoms with Gasteiger partial charge in [-0.1, -0.05) is 32.0 Å². The van der Waals surface area contributed by atoms with Gasteiger partial charge >= 0.3 is 5.97 Å². The van der Waals surface area contributed by atoms with Crippen LogP contribution in [0.3, 0.4) is 0 Å². The molecule has 1 amide bonds. The fourth-order valence-electron chi connectivity index (χ4n) is 3.14. The van der Waals surface area contributed by atoms with Gasteiger partial charge in [0.1, 0.15) is 0 Å². The second-order valence-corrected chi connectivity index (χ2v) is 6.51. The Bertz CT molecular complexity index is 549. The van der Waals surface area contributed by atoms with E-state index in [9.17, 15) is 9.59 Å². The predicted molar refractivity (Wildman–Crippen MR) is 89.5 cm³/mol. The molecule has 5 nitrogen and oxygen atoms in total. The van der Waals surface area contributed by atoms with Crippen molar-refractivity contribution in [3.05, 3.63) is 29.8 Å². The Kier molecular flexibility index (Phi) is 6.16. The van der Waals surface area contributed by atoms with Gasteiger partial charge in [0.05, 0.1) is 26.1 Å². The normalized spacial score (nSPS) is 21.0. The Balaban J connectivity index is 1.86. The van der Waals surface area contributed by atoms with Crippen LogP contribution in [0.4, 0.5) is 5.69 Å². The van der Waals surface area contributed by atoms with E-state index in [0.29, 0.717) is 12.5 Å². The molecular formula is C18H27N2O3+. The second-order valence-electron chi connectivity index (χ2n) is 6.51. The molecule has 1 aromatic carbocycles. The number of ether oxygens (including phenoxy) is 1. The molecule has 0 spiro atoms. The zero-order chi connectivity index (χ0) is 16.8. The molecule has 1 heterocycles. The van der Waals surface area contributed by atoms with Crippen LogP contribution in [-0.4, -0.2) is 38.6 Å². The Hall–Kier alpha value is -1.88. The molecule has 0 atom stereocenters. The van der Waals surface area contributed by atoms with Gasteiger partial charge in [-0.25, -0.2) is 0 Å². The molecule has 0 bridgehead atoms. The lowest BCUT2D eigenvalue weighted by Gasteiger charge is -2.27. The number of amides is 1. The van der Waals surface area contributed by atoms with Crippen molar-refractivity contribution >= 4 is 17.6 Å². The number of rotatable bonds is 5. The topological polar surface area (TPSA) is 59.8 Å². The van der Waals surface area contributed by atoms with E-state index in [-0.39, 0.29) is 17.8 Å². The zero-order valence-electron chi connectivity index (χ0n) is 14.2. The molecule has 0 unspecified atom stereocenters. The number of anilines is 1. The number of methoxy groups -OCH3 is 1. The molecule has 1 fully saturated rings. The number of quaternary nitrogens is 1. The maximum atomic E-state index is 12.3. The molecule has 0 saturated carbocycles. The van der Waals surface area contributed by atoms with Gasteiger partial charge in [-0.3, -0.25) is 9.59 Å². The average molecular weight is 319 g/mol. The quantitative estimate of drug-likeness (QED) is 0.802. The van der Waals surface area contributed by atoms with Crippen LogP contribution in [0, 0.1) is 5.92 Å². The lowest BCUT2D eigenvalue weighted by molar-refractivity contribution is -0.897. The monoisotopic (exact) mass is 319 g/mol. The van der Waals surface area contributed by atoms with Gasteiger partial charge in [-0.15, -0.1) is 0 Å². The van der Waals surface area contributed by atoms with E-state index in [1.165, 1.54) is 12.0 Å². The van der Waals surface area contributed by atoms with E-state index in [0.717, 1.165) is 37.2 Å². The van der Waals surface area contributed by atoms with Gasteiger partial charge in [-0.2, -0.15) is 0 Å². The molecular weight excluding hydrogens is 292 g/mol. The zero-order valence-corrected chi connectivity index (χ0v) is 14.2. The Labute approximate surface area is 138 Å². The Morgan fingerprint density at radius 2 is 1.91 bits per heavy atom. The first-order valence-electron chi connectivity index (χ1n) is 8.31. The van der Waals surface area contributed by atoms with Crippen molar-refractivity contribution in [3.63, 3.8) is 0 Å². The molecule has 0 aliphatic carbocycles. The van der Waals surface area contributed by atoms with Gasteiger partial charge in [0.2, 0.25) is 0 Å². The number of hydrogen-bond donors (Lipinski definition) is 2. The van der Waals surface area contributed by atoms with Crippen molar-refractivity contribution < 1.29 is 19.2 Å². The van der Waals surface area contributed by atoms with Gasteiger partial charge in [0, 0.05) is 18.5 Å². The summed E-state index contributed by atoms with van der Waals surface area (Å²) in [5.74, 6) is 0.270. The number of carbonyl (C=O) groups excluding carboxylic acids is 2. The van der Waals surface area contributed by atoms with Crippen LogP contribution in [0.1, 0.15) is 38.2 Å². The van der Waals surface area contributed by atoms with Gasteiger partial charge < -0.3 is 15.0 Å². The summed E-state index contributed by atoms with van der Waals surface area (Å²) < 4.78 is 4.79. The molecule has 0 aromatic heterocycles. The minimum absolute atomic E-state index is 0.00604. The Morgan fingerprint density at radius 3 is 2.52 bits per heavy atom. The van der Waals surface area contributed by atoms with Gasteiger partial charge in [0.15, 0.2) is 6.54 Å². The standard InChI is InChI=1S/C18H26N2O3/c1-13(2)15-6-4-5-7-16(15)19-17(21)12-20-10-8-14(9-11-20)18(22)23-3/h4-7,13-14H,8-12H2,1-3H3,(H,19,21)/p+1. The number of esters is 1. The lowest BCUT2D eigenvalue weighted by Crippen LogP contribution is -3.14. The Morgan fingerprint density at radius 1 is 1.26 bits per heavy atom. The number of benzene rings is 1. The maximum absolute atomic E-state index is 12.3. The minimum atomic E-state index is -0.126. The molecule has 5 heteroatoms. The molecule has 2 rings (SSSR count). The number of para-hydroxylation sites is 1. The van der Waals surface area contributed by atoms with Crippen LogP contribution in [0.15, 0.2) is 24.3 Å². The summed E-state index contributed by atoms with van der Waals surface area (Å²) in [5.41, 5.74) is 2.05. The van der Waals surface area contributed by atoms with Crippen LogP contribution in [0.25, 0.3) is 0 Å². The third-order valence-corrected chi connectivity index (χ3v) is 4.49. The van der Waals surface area contributed by atoms with E-state index in [4.69, 9.17) is 4.74 Å². The average Bonchev–Trinajstić information content (AvgIpc) is 2.55. The fourth-order valence-corrected chi connectivity index (χ4v) is 3.14. The van der Waals surface area contributed by atoms with Crippen molar-refractivity contribution in [2.75, 3.05) is 32.1 Å². The molecule has 23 heavy (non-hydrogen) atoms. The van der Waals surface area contributed by atoms with Crippen molar-refractivity contribution in [2.24, 2.45) is 5.92 Å². The van der Waals surface area contributed by atoms with Crippen molar-refractivity contribution in [1.82, 2.24) is 0 Å². The maximum Gasteiger partial charge on any atom is 0.309 e. The number of nitrogens with one attached hydrogen (secondary N) is 2. The lowest BCUT2D eigenvalue weighted by atomic mass is 9.97. The summed E-state index contributed by atoms with van der Waals surface area (Å²) in [6.07, 6.45) is 1.58. The minimum Gasteiger partial charge on any atom is -0.469 e. The number of carbonyl (C=O) groups is 2. The van der Waals surface area contributed by atoms with E-state index >= 15 is 0 Å². The largest absolute Gasteiger partial charge is 0.469 e. The van der Waals surface area contributed by atoms with Gasteiger partial charge in [0.25, 0.3) is 5.91 Å². The first-order chi connectivity index (χ1) is 11.0. The fraction of sp³-hybridized carbons (Fsp3) is 0.556. The molecule has 126 valence electrons. The highest BCUT2D eigenvalue weighted by Crippen LogP contribution is 2.23. The molecule has 1 aliphatic rings. The third-order valence-electron chi connectivity index (χ3n) is 4.49. The van der Waals surface area contributed by atoms with Crippen molar-refractivity contribution in [1.29, 1.82) is 0 Å². The van der Waals surface area contributed by atoms with Crippen molar-refractivity contribution in [3.8, 4) is 0 Å². The molecule has 2 N–H and O–H groups in total. The SMILES string of the molecule is COC(=O)C1CC[NH+](CC(=O)Nc2ccccc2C(C)C)CC1. The summed E-state index contributed by atoms with van der Waals surface area (Å²) >= 11 is 0. The highest BCUT2D eigenvalue weighted by Gasteiger charge is 2.29. The van der Waals surface area contributed by atoms with E-state index < -0.39 is 0 Å². The van der Waals surface area contributed by atoms with Gasteiger partial charge in [-0.05, 0) is 17.5 Å². The highest BCUT2D eigenvalue weighted by atomic mass is 16.5. The second kappa shape index (κ2) is 8.11. The van der Waals surface area contributed by atoms with Crippen LogP contribution in [0.2, 0.25) is 0 Å². The smallest absolute Gasteiger partial charge is 0.309 e. The summed E-state index contributed by atoms with van der Waals surface area (Å²) in [4.78, 5) is 25.1. The van der Waals surface area contributed by atoms with Crippen LogP contribution in [-0.2, 0) is 14.3 Å². The summed E-state index contributed by atoms with van der Waals surface area (Å²) in [6, 6.07) is 7.94. The summed E-state index contributed by atoms with van der Waals surface area (Å²) in [5, 5.41) is 3.03. The third kappa shape index (κ3) is 4.79. The van der Waals surface area contributed by atoms with Crippen LogP contribution < -0.4 is 10.2 Å². The number of piperidine rings is 1. The number of hydrogen-bond acceptors (Lipinski definition) is 3. The first-order valence-corrected chi connectivity index (χ1v) is 8.31. The summed E-state index contributed by atoms with van der Waals surface area (Å²) in [6.45, 7) is 6.35. The van der Waals surface area contributed by atoms with Crippen LogP contribution in [0.5, 0.6) is 0 Å². The highest BCUT2D eigenvalue weighted by molar-refractivity contribution is 5.92. The summed E-state index contributed by atoms with van der Waals surface area (Å²) in [7, 11) is 1.43. The van der Waals surface area contributed by atoms with E-state index in [1.54, 1.807) is 0 Å². The predicted octanol–water partition coefficient (Wildman–Crippen LogP) is 1.22. The molecule has 1 saturated heterocycles. The molecule has 1 aliphatic heterocycles. The van der Waals surface area contributed by atoms with Crippen molar-refractivity contribution in [2.45, 2.75) is 32.6 Å². The van der Waals surface area contributed by atoms with Crippen LogP contribution >= 0.6 is 0 Å². The van der Waals surface area contributed by atoms with E-state index in [2.05, 4.69) is 25.2 Å². The van der Waals surface area contributed by atoms with E-state index in [1.807, 2.05) is 18.2 Å². The molecule has 1 aromatic rings. The first kappa shape index (κ1) is 17.5.